The molecule has 0 aromatic carbocycles. The maximum atomic E-state index is 8.52. The van der Waals surface area contributed by atoms with Gasteiger partial charge in [0.05, 0.1) is 25.6 Å². The minimum absolute atomic E-state index is 0. The van der Waals surface area contributed by atoms with Crippen molar-refractivity contribution < 1.29 is 52.6 Å². The van der Waals surface area contributed by atoms with Gasteiger partial charge in [0.1, 0.15) is 11.5 Å². The molecule has 5 radical (unpaired) electrons. The molecule has 2 aromatic rings. The van der Waals surface area contributed by atoms with E-state index in [2.05, 4.69) is 44.6 Å². The van der Waals surface area contributed by atoms with Crippen molar-refractivity contribution in [3.05, 3.63) is 66.2 Å². The molecule has 0 atom stereocenters. The van der Waals surface area contributed by atoms with Crippen LogP contribution in [-0.2, 0) is 30.5 Å². The molecule has 0 bridgehead atoms. The van der Waals surface area contributed by atoms with Crippen molar-refractivity contribution in [2.45, 2.75) is 34.6 Å². The Morgan fingerprint density at radius 2 is 0.939 bits per heavy atom. The van der Waals surface area contributed by atoms with Crippen LogP contribution in [-0.4, -0.2) is 47.2 Å². The summed E-state index contributed by atoms with van der Waals surface area (Å²) in [4.78, 5) is 8.47. The Morgan fingerprint density at radius 1 is 0.697 bits per heavy atom. The first-order valence-corrected chi connectivity index (χ1v) is 10.6. The number of hydrogen-bond acceptors (Lipinski definition) is 8. The van der Waals surface area contributed by atoms with Crippen LogP contribution in [0.1, 0.15) is 34.6 Å². The van der Waals surface area contributed by atoms with Crippen LogP contribution >= 0.6 is 0 Å². The Morgan fingerprint density at radius 3 is 1.15 bits per heavy atom. The van der Waals surface area contributed by atoms with Crippen molar-refractivity contribution >= 4 is 10.4 Å². The van der Waals surface area contributed by atoms with Crippen molar-refractivity contribution in [2.75, 3.05) is 14.2 Å². The molecule has 2 N–H and O–H groups in total. The maximum absolute atomic E-state index is 8.52. The number of nitrogens with zero attached hydrogens (tertiary/aromatic N) is 2. The van der Waals surface area contributed by atoms with Crippen LogP contribution in [0.5, 0.6) is 11.5 Å². The second-order valence-electron chi connectivity index (χ2n) is 6.70. The quantitative estimate of drug-likeness (QED) is 0.360. The van der Waals surface area contributed by atoms with E-state index in [4.69, 9.17) is 27.0 Å². The third-order valence-electron chi connectivity index (χ3n) is 5.01. The predicted octanol–water partition coefficient (Wildman–Crippen LogP) is 2.97. The summed E-state index contributed by atoms with van der Waals surface area (Å²) in [5, 5.41) is 0. The molecule has 183 valence electrons. The van der Waals surface area contributed by atoms with Crippen molar-refractivity contribution in [3.8, 4) is 22.9 Å². The monoisotopic (exact) mass is 658 g/mol. The summed E-state index contributed by atoms with van der Waals surface area (Å²) in [6.45, 7) is 11.0. The minimum Gasteiger partial charge on any atom is -0.759 e. The van der Waals surface area contributed by atoms with Gasteiger partial charge in [0.25, 0.3) is 0 Å². The van der Waals surface area contributed by atoms with Gasteiger partial charge >= 0.3 is 20.1 Å². The summed E-state index contributed by atoms with van der Waals surface area (Å²) in [5.41, 5.74) is 1.52. The Balaban J connectivity index is 0. The summed E-state index contributed by atoms with van der Waals surface area (Å²) in [6, 6.07) is 7.26. The van der Waals surface area contributed by atoms with Gasteiger partial charge in [-0.05, 0) is 41.7 Å². The summed E-state index contributed by atoms with van der Waals surface area (Å²) in [7, 11) is -1.92. The third kappa shape index (κ3) is 11.4. The van der Waals surface area contributed by atoms with Crippen LogP contribution in [0.2, 0.25) is 0 Å². The van der Waals surface area contributed by atoms with Gasteiger partial charge in [-0.1, -0.05) is 34.6 Å². The van der Waals surface area contributed by atoms with Gasteiger partial charge in [-0.2, -0.15) is 0 Å². The number of hydrogen-bond donors (Lipinski definition) is 0. The Kier molecular flexibility index (Phi) is 15.6. The van der Waals surface area contributed by atoms with Gasteiger partial charge in [-0.15, -0.1) is 0 Å². The zero-order valence-electron chi connectivity index (χ0n) is 19.5. The second-order valence-corrected chi connectivity index (χ2v) is 7.51. The molecule has 1 fully saturated rings. The van der Waals surface area contributed by atoms with E-state index in [1.54, 1.807) is 38.7 Å². The van der Waals surface area contributed by atoms with Crippen molar-refractivity contribution in [2.24, 2.45) is 0 Å². The fourth-order valence-electron chi connectivity index (χ4n) is 2.76. The van der Waals surface area contributed by atoms with E-state index in [0.717, 1.165) is 22.9 Å². The summed E-state index contributed by atoms with van der Waals surface area (Å²) in [5.74, 6) is 8.86. The molecular weight excluding hydrogens is 629 g/mol. The molecule has 33 heavy (non-hydrogen) atoms. The van der Waals surface area contributed by atoms with Gasteiger partial charge in [0.2, 0.25) is 0 Å². The van der Waals surface area contributed by atoms with Crippen LogP contribution < -0.4 is 9.47 Å². The largest absolute Gasteiger partial charge is 3.00 e. The number of ether oxygens (including phenoxy) is 2. The summed E-state index contributed by atoms with van der Waals surface area (Å²) < 4.78 is 44.4. The predicted molar refractivity (Wildman–Crippen MR) is 119 cm³/mol. The number of rotatable bonds is 3. The van der Waals surface area contributed by atoms with Crippen LogP contribution in [0.25, 0.3) is 11.4 Å². The van der Waals surface area contributed by atoms with E-state index in [-0.39, 0.29) is 25.6 Å². The molecule has 2 aromatic heterocycles. The molecule has 9 nitrogen and oxygen atoms in total. The average molecular weight is 658 g/mol. The SMILES string of the molecule is COc1ccnc(-c2cc(OC)ccn2)c1.C[C]1[C](C)[C](C)[C](C)[C]1C.O.O=S(=O)([O-])[O-].[Ir+3]. The van der Waals surface area contributed by atoms with E-state index in [1.807, 2.05) is 12.1 Å². The maximum Gasteiger partial charge on any atom is 3.00 e. The first-order chi connectivity index (χ1) is 14.4. The molecular formula is C22H29IrN2O7S+. The molecule has 0 amide bonds. The minimum atomic E-state index is -5.17. The van der Waals surface area contributed by atoms with Crippen molar-refractivity contribution in [3.63, 3.8) is 0 Å². The van der Waals surface area contributed by atoms with E-state index in [1.165, 1.54) is 29.6 Å². The molecule has 3 rings (SSSR count). The number of pyridine rings is 2. The number of aromatic nitrogens is 2. The van der Waals surface area contributed by atoms with Gasteiger partial charge in [-0.25, -0.2) is 0 Å². The van der Waals surface area contributed by atoms with Crippen LogP contribution in [0.3, 0.4) is 0 Å². The molecule has 2 heterocycles. The van der Waals surface area contributed by atoms with Crippen LogP contribution in [0.4, 0.5) is 0 Å². The van der Waals surface area contributed by atoms with E-state index < -0.39 is 10.4 Å². The van der Waals surface area contributed by atoms with Gasteiger partial charge in [0.15, 0.2) is 0 Å². The topological polar surface area (TPSA) is 156 Å². The second kappa shape index (κ2) is 15.3. The Hall–Kier alpha value is -1.62. The zero-order chi connectivity index (χ0) is 23.8. The van der Waals surface area contributed by atoms with Crippen molar-refractivity contribution in [1.29, 1.82) is 0 Å². The molecule has 11 heteroatoms. The van der Waals surface area contributed by atoms with E-state index >= 15 is 0 Å². The van der Waals surface area contributed by atoms with Gasteiger partial charge < -0.3 is 24.1 Å². The molecule has 0 aliphatic heterocycles. The zero-order valence-corrected chi connectivity index (χ0v) is 22.8. The normalized spacial score (nSPS) is 15.2. The molecule has 1 aliphatic rings. The first-order valence-electron chi connectivity index (χ1n) is 9.25. The van der Waals surface area contributed by atoms with Gasteiger partial charge in [0, 0.05) is 34.9 Å². The fourth-order valence-corrected chi connectivity index (χ4v) is 2.76. The molecule has 0 saturated heterocycles. The van der Waals surface area contributed by atoms with Crippen molar-refractivity contribution in [1.82, 2.24) is 9.97 Å². The van der Waals surface area contributed by atoms with E-state index in [9.17, 15) is 0 Å². The summed E-state index contributed by atoms with van der Waals surface area (Å²) in [6.07, 6.45) is 3.38. The average Bonchev–Trinajstić information content (AvgIpc) is 2.90. The molecule has 0 spiro atoms. The third-order valence-corrected chi connectivity index (χ3v) is 5.01. The molecule has 1 saturated carbocycles. The molecule has 1 aliphatic carbocycles. The van der Waals surface area contributed by atoms with Crippen LogP contribution in [0.15, 0.2) is 36.7 Å². The van der Waals surface area contributed by atoms with Crippen LogP contribution in [0, 0.1) is 29.6 Å². The molecule has 0 unspecified atom stereocenters. The number of methoxy groups -OCH3 is 2. The fraction of sp³-hybridized carbons (Fsp3) is 0.318. The standard InChI is InChI=1S/C12H12N2O2.C10H15.Ir.H2O4S.H2O/c1-15-9-3-5-13-11(7-9)12-8-10(16-2)4-6-14-12;1-6-7(2)9(4)10(5)8(6)3;;1-5(2,3)4;/h3-8H,1-2H3;1-5H3;;(H2,1,2,3,4);1H2/q;;+3;;/p-2. The Bertz CT molecular complexity index is 832. The first kappa shape index (κ1) is 33.6. The summed E-state index contributed by atoms with van der Waals surface area (Å²) >= 11 is 0. The van der Waals surface area contributed by atoms with E-state index in [0.29, 0.717) is 0 Å². The van der Waals surface area contributed by atoms with Gasteiger partial charge in [-0.3, -0.25) is 18.4 Å². The Labute approximate surface area is 210 Å². The smallest absolute Gasteiger partial charge is 0.759 e.